The van der Waals surface area contributed by atoms with Crippen LogP contribution in [0.5, 0.6) is 5.75 Å². The number of nitrogens with zero attached hydrogens (tertiary/aromatic N) is 3. The molecule has 8 heteroatoms. The number of rotatable bonds is 5. The van der Waals surface area contributed by atoms with E-state index in [1.807, 2.05) is 25.1 Å². The predicted molar refractivity (Wildman–Crippen MR) is 109 cm³/mol. The van der Waals surface area contributed by atoms with E-state index in [0.29, 0.717) is 36.8 Å². The average Bonchev–Trinajstić information content (AvgIpc) is 3.32. The molecule has 1 aromatic carbocycles. The number of nitrogens with one attached hydrogen (secondary N) is 1. The van der Waals surface area contributed by atoms with Gasteiger partial charge in [0.05, 0.1) is 5.39 Å². The number of benzene rings is 1. The second-order valence-electron chi connectivity index (χ2n) is 8.32. The molecule has 0 unspecified atom stereocenters. The van der Waals surface area contributed by atoms with Crippen LogP contribution in [0.4, 0.5) is 10.2 Å². The van der Waals surface area contributed by atoms with Crippen molar-refractivity contribution >= 4 is 22.8 Å². The quantitative estimate of drug-likeness (QED) is 0.685. The van der Waals surface area contributed by atoms with Gasteiger partial charge in [-0.1, -0.05) is 6.07 Å². The molecule has 5 rings (SSSR count). The van der Waals surface area contributed by atoms with Gasteiger partial charge in [-0.05, 0) is 62.4 Å². The molecule has 1 aliphatic carbocycles. The molecule has 3 heterocycles. The van der Waals surface area contributed by atoms with Gasteiger partial charge in [0.25, 0.3) is 5.91 Å². The molecule has 0 bridgehead atoms. The molecule has 156 valence electrons. The first-order valence-corrected chi connectivity index (χ1v) is 10.1. The first kappa shape index (κ1) is 18.8. The van der Waals surface area contributed by atoms with E-state index in [0.717, 1.165) is 35.1 Å². The molecule has 1 N–H and O–H groups in total. The lowest BCUT2D eigenvalue weighted by Crippen LogP contribution is -2.37. The van der Waals surface area contributed by atoms with E-state index in [1.54, 1.807) is 11.0 Å². The summed E-state index contributed by atoms with van der Waals surface area (Å²) in [6.07, 6.45) is 2.79. The smallest absolute Gasteiger partial charge is 0.292 e. The number of hydrogen-bond donors (Lipinski definition) is 1. The summed E-state index contributed by atoms with van der Waals surface area (Å²) < 4.78 is 23.1. The Morgan fingerprint density at radius 3 is 2.90 bits per heavy atom. The first-order valence-electron chi connectivity index (χ1n) is 10.1. The van der Waals surface area contributed by atoms with Crippen molar-refractivity contribution in [1.29, 1.82) is 0 Å². The Hall–Kier alpha value is -3.16. The van der Waals surface area contributed by atoms with Crippen molar-refractivity contribution < 1.29 is 18.3 Å². The SMILES string of the molecule is Cc1cc2c(NC3(C)CC3)nc(C(=O)N3CCc4cc(OCF)ccc4C3)nc2o1. The van der Waals surface area contributed by atoms with Gasteiger partial charge >= 0.3 is 0 Å². The number of aryl methyl sites for hydroxylation is 1. The van der Waals surface area contributed by atoms with Gasteiger partial charge in [0.1, 0.15) is 17.3 Å². The number of fused-ring (bicyclic) bond motifs is 2. The molecule has 2 aromatic heterocycles. The normalized spacial score (nSPS) is 17.0. The summed E-state index contributed by atoms with van der Waals surface area (Å²) in [6.45, 7) is 4.12. The van der Waals surface area contributed by atoms with E-state index < -0.39 is 6.86 Å². The van der Waals surface area contributed by atoms with Crippen LogP contribution in [0.25, 0.3) is 11.1 Å². The lowest BCUT2D eigenvalue weighted by Gasteiger charge is -2.28. The summed E-state index contributed by atoms with van der Waals surface area (Å²) >= 11 is 0. The fourth-order valence-electron chi connectivity index (χ4n) is 3.83. The third kappa shape index (κ3) is 3.46. The molecule has 30 heavy (non-hydrogen) atoms. The standard InChI is InChI=1S/C22H23FN4O3/c1-13-9-17-18(26-22(2)6-7-22)24-19(25-20(17)30-13)21(28)27-8-5-14-10-16(29-12-23)4-3-15(14)11-27/h3-4,9-10H,5-8,11-12H2,1-2H3,(H,24,25,26). The Morgan fingerprint density at radius 2 is 2.13 bits per heavy atom. The highest BCUT2D eigenvalue weighted by Gasteiger charge is 2.38. The van der Waals surface area contributed by atoms with Crippen molar-refractivity contribution in [3.8, 4) is 5.75 Å². The van der Waals surface area contributed by atoms with Crippen LogP contribution in [0.3, 0.4) is 0 Å². The highest BCUT2D eigenvalue weighted by Crippen LogP contribution is 2.39. The molecule has 0 radical (unpaired) electrons. The van der Waals surface area contributed by atoms with E-state index in [-0.39, 0.29) is 17.3 Å². The number of carbonyl (C=O) groups is 1. The van der Waals surface area contributed by atoms with Gasteiger partial charge in [-0.25, -0.2) is 9.37 Å². The summed E-state index contributed by atoms with van der Waals surface area (Å²) in [4.78, 5) is 23.9. The van der Waals surface area contributed by atoms with Gasteiger partial charge in [-0.3, -0.25) is 4.79 Å². The molecule has 1 saturated carbocycles. The number of hydrogen-bond acceptors (Lipinski definition) is 6. The Bertz CT molecular complexity index is 1140. The van der Waals surface area contributed by atoms with Crippen LogP contribution in [-0.4, -0.2) is 39.7 Å². The van der Waals surface area contributed by atoms with Gasteiger partial charge in [0, 0.05) is 18.6 Å². The molecule has 1 amide bonds. The van der Waals surface area contributed by atoms with E-state index in [1.165, 1.54) is 0 Å². The van der Waals surface area contributed by atoms with Crippen LogP contribution in [0, 0.1) is 6.92 Å². The third-order valence-electron chi connectivity index (χ3n) is 5.83. The number of ether oxygens (including phenoxy) is 1. The molecule has 3 aromatic rings. The number of halogens is 1. The van der Waals surface area contributed by atoms with E-state index >= 15 is 0 Å². The number of alkyl halides is 1. The molecule has 0 spiro atoms. The van der Waals surface area contributed by atoms with Crippen molar-refractivity contribution in [1.82, 2.24) is 14.9 Å². The Kier molecular flexibility index (Phi) is 4.38. The summed E-state index contributed by atoms with van der Waals surface area (Å²) in [7, 11) is 0. The average molecular weight is 410 g/mol. The monoisotopic (exact) mass is 410 g/mol. The maximum Gasteiger partial charge on any atom is 0.292 e. The number of furan rings is 1. The lowest BCUT2D eigenvalue weighted by atomic mass is 9.99. The molecule has 7 nitrogen and oxygen atoms in total. The van der Waals surface area contributed by atoms with E-state index in [4.69, 9.17) is 9.15 Å². The minimum Gasteiger partial charge on any atom is -0.463 e. The Morgan fingerprint density at radius 1 is 1.30 bits per heavy atom. The predicted octanol–water partition coefficient (Wildman–Crippen LogP) is 4.00. The number of carbonyl (C=O) groups excluding carboxylic acids is 1. The summed E-state index contributed by atoms with van der Waals surface area (Å²) in [5, 5.41) is 4.25. The first-order chi connectivity index (χ1) is 14.4. The van der Waals surface area contributed by atoms with Crippen molar-refractivity contribution in [2.45, 2.75) is 45.2 Å². The number of amides is 1. The van der Waals surface area contributed by atoms with Crippen LogP contribution < -0.4 is 10.1 Å². The molecule has 0 atom stereocenters. The van der Waals surface area contributed by atoms with Crippen molar-refractivity contribution in [2.24, 2.45) is 0 Å². The molecule has 1 fully saturated rings. The van der Waals surface area contributed by atoms with Crippen molar-refractivity contribution in [3.05, 3.63) is 47.0 Å². The van der Waals surface area contributed by atoms with Gasteiger partial charge < -0.3 is 19.4 Å². The van der Waals surface area contributed by atoms with Crippen molar-refractivity contribution in [3.63, 3.8) is 0 Å². The Labute approximate surface area is 173 Å². The topological polar surface area (TPSA) is 80.5 Å². The highest BCUT2D eigenvalue weighted by molar-refractivity contribution is 5.95. The van der Waals surface area contributed by atoms with E-state index in [9.17, 15) is 9.18 Å². The van der Waals surface area contributed by atoms with Crippen molar-refractivity contribution in [2.75, 3.05) is 18.7 Å². The molecular weight excluding hydrogens is 387 g/mol. The zero-order chi connectivity index (χ0) is 20.9. The van der Waals surface area contributed by atoms with Crippen LogP contribution in [0.15, 0.2) is 28.7 Å². The van der Waals surface area contributed by atoms with Crippen LogP contribution in [0.1, 0.15) is 47.3 Å². The largest absolute Gasteiger partial charge is 0.463 e. The highest BCUT2D eigenvalue weighted by atomic mass is 19.1. The third-order valence-corrected chi connectivity index (χ3v) is 5.83. The maximum absolute atomic E-state index is 13.2. The van der Waals surface area contributed by atoms with E-state index in [2.05, 4.69) is 22.2 Å². The summed E-state index contributed by atoms with van der Waals surface area (Å²) in [5.74, 6) is 1.77. The number of anilines is 1. The van der Waals surface area contributed by atoms with Gasteiger partial charge in [0.2, 0.25) is 18.4 Å². The Balaban J connectivity index is 1.43. The molecule has 1 aliphatic heterocycles. The van der Waals surface area contributed by atoms with Crippen LogP contribution in [-0.2, 0) is 13.0 Å². The van der Waals surface area contributed by atoms with Gasteiger partial charge in [0.15, 0.2) is 0 Å². The fourth-order valence-corrected chi connectivity index (χ4v) is 3.83. The molecule has 0 saturated heterocycles. The van der Waals surface area contributed by atoms with Gasteiger partial charge in [-0.15, -0.1) is 0 Å². The zero-order valence-electron chi connectivity index (χ0n) is 17.0. The number of aromatic nitrogens is 2. The lowest BCUT2D eigenvalue weighted by molar-refractivity contribution is 0.0722. The molecule has 2 aliphatic rings. The van der Waals surface area contributed by atoms with Gasteiger partial charge in [-0.2, -0.15) is 4.98 Å². The minimum atomic E-state index is -0.856. The zero-order valence-corrected chi connectivity index (χ0v) is 17.0. The maximum atomic E-state index is 13.2. The summed E-state index contributed by atoms with van der Waals surface area (Å²) in [6, 6.07) is 7.33. The summed E-state index contributed by atoms with van der Waals surface area (Å²) in [5.41, 5.74) is 2.51. The second kappa shape index (κ2) is 6.97. The second-order valence-corrected chi connectivity index (χ2v) is 8.32. The fraction of sp³-hybridized carbons (Fsp3) is 0.409. The van der Waals surface area contributed by atoms with Crippen LogP contribution in [0.2, 0.25) is 0 Å². The minimum absolute atomic E-state index is 0.0101. The van der Waals surface area contributed by atoms with Crippen LogP contribution >= 0.6 is 0 Å². The molecular formula is C22H23FN4O3.